The average Bonchev–Trinajstić information content (AvgIpc) is 2.92. The zero-order valence-corrected chi connectivity index (χ0v) is 16.3. The fraction of sp³-hybridized carbons (Fsp3) is 0.200. The van der Waals surface area contributed by atoms with E-state index in [-0.39, 0.29) is 29.3 Å². The Kier molecular flexibility index (Phi) is 4.33. The average molecular weight is 404 g/mol. The molecule has 29 heavy (non-hydrogen) atoms. The molecule has 2 aliphatic rings. The molecule has 1 atom stereocenters. The van der Waals surface area contributed by atoms with Crippen LogP contribution in [-0.4, -0.2) is 28.2 Å². The zero-order chi connectivity index (χ0) is 20.8. The lowest BCUT2D eigenvalue weighted by molar-refractivity contribution is -0.120. The number of aromatic amines is 1. The van der Waals surface area contributed by atoms with E-state index < -0.39 is 16.9 Å². The van der Waals surface area contributed by atoms with Crippen molar-refractivity contribution in [1.29, 1.82) is 5.26 Å². The Bertz CT molecular complexity index is 1220. The molecule has 9 heteroatoms. The molecule has 0 bridgehead atoms. The fourth-order valence-electron chi connectivity index (χ4n) is 3.94. The minimum atomic E-state index is -1.71. The summed E-state index contributed by atoms with van der Waals surface area (Å²) in [6.07, 6.45) is 5.48. The molecule has 0 saturated carbocycles. The number of H-pyrrole nitrogens is 1. The van der Waals surface area contributed by atoms with E-state index in [1.54, 1.807) is 24.3 Å². The second-order valence-electron chi connectivity index (χ2n) is 6.42. The maximum absolute atomic E-state index is 13.7. The van der Waals surface area contributed by atoms with Crippen LogP contribution in [0, 0.1) is 23.7 Å². The Morgan fingerprint density at radius 3 is 2.83 bits per heavy atom. The van der Waals surface area contributed by atoms with E-state index in [2.05, 4.69) is 21.2 Å². The number of terminal acetylenes is 1. The number of nitriles is 1. The highest BCUT2D eigenvalue weighted by molar-refractivity contribution is 7.99. The molecular formula is C20H16N6O2S. The second kappa shape index (κ2) is 6.73. The van der Waals surface area contributed by atoms with Gasteiger partial charge in [0.25, 0.3) is 5.56 Å². The maximum atomic E-state index is 13.7. The molecule has 144 valence electrons. The number of fused-ring (bicyclic) bond motifs is 4. The van der Waals surface area contributed by atoms with E-state index in [0.29, 0.717) is 22.2 Å². The molecule has 0 radical (unpaired) electrons. The summed E-state index contributed by atoms with van der Waals surface area (Å²) >= 11 is 1.35. The Morgan fingerprint density at radius 2 is 2.14 bits per heavy atom. The highest BCUT2D eigenvalue weighted by atomic mass is 32.2. The molecular weight excluding hydrogens is 388 g/mol. The lowest BCUT2D eigenvalue weighted by Gasteiger charge is -2.33. The summed E-state index contributed by atoms with van der Waals surface area (Å²) in [5.74, 6) is 2.80. The Hall–Kier alpha value is -3.69. The number of para-hydroxylation sites is 1. The van der Waals surface area contributed by atoms with Crippen LogP contribution in [0.2, 0.25) is 0 Å². The van der Waals surface area contributed by atoms with Crippen molar-refractivity contribution in [2.24, 2.45) is 5.73 Å². The summed E-state index contributed by atoms with van der Waals surface area (Å²) in [5, 5.41) is 13.2. The van der Waals surface area contributed by atoms with Crippen molar-refractivity contribution >= 4 is 29.2 Å². The van der Waals surface area contributed by atoms with E-state index in [4.69, 9.17) is 12.2 Å². The molecule has 2 aromatic rings. The van der Waals surface area contributed by atoms with Gasteiger partial charge in [0.05, 0.1) is 17.7 Å². The van der Waals surface area contributed by atoms with Crippen molar-refractivity contribution in [3.63, 3.8) is 0 Å². The number of anilines is 2. The van der Waals surface area contributed by atoms with Crippen LogP contribution in [0.15, 0.2) is 45.6 Å². The summed E-state index contributed by atoms with van der Waals surface area (Å²) in [7, 11) is 0. The number of benzene rings is 1. The van der Waals surface area contributed by atoms with Crippen molar-refractivity contribution < 1.29 is 4.79 Å². The van der Waals surface area contributed by atoms with Gasteiger partial charge in [-0.2, -0.15) is 5.26 Å². The van der Waals surface area contributed by atoms with Crippen molar-refractivity contribution in [2.75, 3.05) is 22.5 Å². The van der Waals surface area contributed by atoms with Crippen LogP contribution in [-0.2, 0) is 10.2 Å². The van der Waals surface area contributed by atoms with Gasteiger partial charge in [0.1, 0.15) is 23.1 Å². The molecule has 1 aromatic carbocycles. The van der Waals surface area contributed by atoms with Gasteiger partial charge in [-0.1, -0.05) is 42.8 Å². The van der Waals surface area contributed by atoms with Gasteiger partial charge < -0.3 is 16.0 Å². The number of hydrogen-bond acceptors (Lipinski definition) is 7. The minimum Gasteiger partial charge on any atom is -0.384 e. The standard InChI is InChI=1S/C20H16N6O2S/c1-3-9-26-13-8-6-5-7-11(13)20(18(26)28)12(10-21)15(22)23-16-14(20)17(27)25-19(24-16)29-4-2/h1,5-8H,4,9,22H2,2H3,(H2,23,24,25,27)/t20-/m1/s1. The van der Waals surface area contributed by atoms with Crippen LogP contribution in [0.5, 0.6) is 0 Å². The molecule has 0 saturated heterocycles. The Labute approximate surface area is 170 Å². The molecule has 0 unspecified atom stereocenters. The topological polar surface area (TPSA) is 128 Å². The van der Waals surface area contributed by atoms with Gasteiger partial charge in [-0.25, -0.2) is 4.98 Å². The molecule has 2 aliphatic heterocycles. The van der Waals surface area contributed by atoms with Crippen LogP contribution in [0.3, 0.4) is 0 Å². The largest absolute Gasteiger partial charge is 0.384 e. The van der Waals surface area contributed by atoms with Gasteiger partial charge in [0.2, 0.25) is 5.91 Å². The van der Waals surface area contributed by atoms with Gasteiger partial charge >= 0.3 is 0 Å². The molecule has 1 spiro atoms. The SMILES string of the molecule is C#CCN1C(=O)[C@@]2(C(C#N)=C(N)Nc3nc(SCC)[nH]c(=O)c32)c2ccccc21. The van der Waals surface area contributed by atoms with Crippen molar-refractivity contribution in [3.8, 4) is 18.4 Å². The number of carbonyl (C=O) groups excluding carboxylic acids is 1. The number of carbonyl (C=O) groups is 1. The molecule has 1 amide bonds. The molecule has 4 N–H and O–H groups in total. The van der Waals surface area contributed by atoms with Crippen molar-refractivity contribution in [1.82, 2.24) is 9.97 Å². The molecule has 1 aromatic heterocycles. The first-order valence-electron chi connectivity index (χ1n) is 8.80. The third-order valence-electron chi connectivity index (χ3n) is 4.98. The Morgan fingerprint density at radius 1 is 1.38 bits per heavy atom. The number of thioether (sulfide) groups is 1. The van der Waals surface area contributed by atoms with E-state index in [1.807, 2.05) is 13.0 Å². The molecule has 4 rings (SSSR count). The van der Waals surface area contributed by atoms with E-state index >= 15 is 0 Å². The van der Waals surface area contributed by atoms with Gasteiger partial charge in [0.15, 0.2) is 5.16 Å². The predicted octanol–water partition coefficient (Wildman–Crippen LogP) is 1.27. The lowest BCUT2D eigenvalue weighted by atomic mass is 9.69. The fourth-order valence-corrected chi connectivity index (χ4v) is 4.54. The van der Waals surface area contributed by atoms with E-state index in [9.17, 15) is 14.9 Å². The molecule has 0 aliphatic carbocycles. The summed E-state index contributed by atoms with van der Waals surface area (Å²) in [4.78, 5) is 35.5. The highest BCUT2D eigenvalue weighted by Gasteiger charge is 2.60. The van der Waals surface area contributed by atoms with Gasteiger partial charge in [0, 0.05) is 11.3 Å². The number of nitrogens with two attached hydrogens (primary N) is 1. The van der Waals surface area contributed by atoms with E-state index in [1.165, 1.54) is 16.7 Å². The lowest BCUT2D eigenvalue weighted by Crippen LogP contribution is -2.49. The molecule has 3 heterocycles. The number of aromatic nitrogens is 2. The monoisotopic (exact) mass is 404 g/mol. The summed E-state index contributed by atoms with van der Waals surface area (Å²) < 4.78 is 0. The van der Waals surface area contributed by atoms with Crippen LogP contribution >= 0.6 is 11.8 Å². The van der Waals surface area contributed by atoms with Gasteiger partial charge in [-0.15, -0.1) is 6.42 Å². The summed E-state index contributed by atoms with van der Waals surface area (Å²) in [6, 6.07) is 8.98. The summed E-state index contributed by atoms with van der Waals surface area (Å²) in [5.41, 5.74) is 4.94. The van der Waals surface area contributed by atoms with Crippen LogP contribution < -0.4 is 21.5 Å². The predicted molar refractivity (Wildman–Crippen MR) is 110 cm³/mol. The zero-order valence-electron chi connectivity index (χ0n) is 15.4. The van der Waals surface area contributed by atoms with Crippen molar-refractivity contribution in [2.45, 2.75) is 17.5 Å². The number of rotatable bonds is 3. The first-order valence-corrected chi connectivity index (χ1v) is 9.79. The summed E-state index contributed by atoms with van der Waals surface area (Å²) in [6.45, 7) is 1.92. The number of hydrogen-bond donors (Lipinski definition) is 3. The first-order chi connectivity index (χ1) is 14.0. The molecule has 8 nitrogen and oxygen atoms in total. The third-order valence-corrected chi connectivity index (χ3v) is 5.73. The Balaban J connectivity index is 2.13. The molecule has 0 fully saturated rings. The maximum Gasteiger partial charge on any atom is 0.258 e. The van der Waals surface area contributed by atoms with Crippen LogP contribution in [0.25, 0.3) is 0 Å². The minimum absolute atomic E-state index is 0.00588. The number of amides is 1. The van der Waals surface area contributed by atoms with Crippen LogP contribution in [0.4, 0.5) is 11.5 Å². The van der Waals surface area contributed by atoms with Gasteiger partial charge in [-0.3, -0.25) is 14.5 Å². The van der Waals surface area contributed by atoms with Gasteiger partial charge in [-0.05, 0) is 11.8 Å². The normalized spacial score (nSPS) is 19.4. The number of nitrogens with zero attached hydrogens (tertiary/aromatic N) is 3. The van der Waals surface area contributed by atoms with Crippen molar-refractivity contribution in [3.05, 3.63) is 57.1 Å². The van der Waals surface area contributed by atoms with E-state index in [0.717, 1.165) is 0 Å². The third kappa shape index (κ3) is 2.38. The highest BCUT2D eigenvalue weighted by Crippen LogP contribution is 2.52. The quantitative estimate of drug-likeness (QED) is 0.399. The second-order valence-corrected chi connectivity index (χ2v) is 7.67. The van der Waals surface area contributed by atoms with Crippen LogP contribution in [0.1, 0.15) is 18.1 Å². The first kappa shape index (κ1) is 18.7. The smallest absolute Gasteiger partial charge is 0.258 e. The number of nitrogens with one attached hydrogen (secondary N) is 2.